The van der Waals surface area contributed by atoms with Crippen molar-refractivity contribution < 1.29 is 9.53 Å². The molecular weight excluding hydrogens is 274 g/mol. The van der Waals surface area contributed by atoms with E-state index in [2.05, 4.69) is 0 Å². The summed E-state index contributed by atoms with van der Waals surface area (Å²) in [6.45, 7) is 0. The van der Waals surface area contributed by atoms with Crippen LogP contribution in [-0.2, 0) is 6.42 Å². The molecule has 2 aromatic rings. The number of aryl methyl sites for hydroxylation is 1. The van der Waals surface area contributed by atoms with Gasteiger partial charge >= 0.3 is 0 Å². The lowest BCUT2D eigenvalue weighted by Gasteiger charge is -2.06. The lowest BCUT2D eigenvalue weighted by molar-refractivity contribution is 0.0982. The minimum Gasteiger partial charge on any atom is -0.495 e. The van der Waals surface area contributed by atoms with Crippen molar-refractivity contribution in [3.8, 4) is 5.75 Å². The lowest BCUT2D eigenvalue weighted by Crippen LogP contribution is -2.02. The van der Waals surface area contributed by atoms with E-state index >= 15 is 0 Å². The minimum atomic E-state index is 0.0578. The van der Waals surface area contributed by atoms with E-state index in [1.165, 1.54) is 7.11 Å². The molecule has 0 spiro atoms. The van der Waals surface area contributed by atoms with E-state index in [1.54, 1.807) is 18.2 Å². The van der Waals surface area contributed by atoms with Crippen molar-refractivity contribution in [2.45, 2.75) is 12.8 Å². The number of benzene rings is 2. The standard InChI is InChI=1S/C16H16ClNO2/c1-20-16-10-12(6-7-14(16)17)15(19)8-5-11-3-2-4-13(18)9-11/h2-4,6-7,9-10H,5,8,18H2,1H3. The molecule has 0 aliphatic carbocycles. The van der Waals surface area contributed by atoms with Crippen molar-refractivity contribution in [2.75, 3.05) is 12.8 Å². The minimum absolute atomic E-state index is 0.0578. The fraction of sp³-hybridized carbons (Fsp3) is 0.188. The zero-order valence-corrected chi connectivity index (χ0v) is 12.0. The van der Waals surface area contributed by atoms with Gasteiger partial charge in [0.15, 0.2) is 5.78 Å². The molecule has 3 nitrogen and oxygen atoms in total. The smallest absolute Gasteiger partial charge is 0.163 e. The summed E-state index contributed by atoms with van der Waals surface area (Å²) in [5.74, 6) is 0.573. The Morgan fingerprint density at radius 2 is 2.05 bits per heavy atom. The number of rotatable bonds is 5. The van der Waals surface area contributed by atoms with Crippen molar-refractivity contribution >= 4 is 23.1 Å². The first-order chi connectivity index (χ1) is 9.60. The summed E-state index contributed by atoms with van der Waals surface area (Å²) in [6.07, 6.45) is 1.09. The molecule has 0 saturated carbocycles. The zero-order chi connectivity index (χ0) is 14.5. The molecule has 2 rings (SSSR count). The number of hydrogen-bond donors (Lipinski definition) is 1. The average Bonchev–Trinajstić information content (AvgIpc) is 2.45. The summed E-state index contributed by atoms with van der Waals surface area (Å²) in [5.41, 5.74) is 8.09. The quantitative estimate of drug-likeness (QED) is 0.674. The number of carbonyl (C=O) groups is 1. The van der Waals surface area contributed by atoms with E-state index in [9.17, 15) is 4.79 Å². The van der Waals surface area contributed by atoms with Gasteiger partial charge in [-0.05, 0) is 42.3 Å². The summed E-state index contributed by atoms with van der Waals surface area (Å²) in [7, 11) is 1.53. The van der Waals surface area contributed by atoms with Crippen LogP contribution in [0, 0.1) is 0 Å². The molecule has 4 heteroatoms. The molecule has 0 aliphatic rings. The number of carbonyl (C=O) groups excluding carboxylic acids is 1. The maximum absolute atomic E-state index is 12.2. The second kappa shape index (κ2) is 6.44. The molecule has 0 saturated heterocycles. The fourth-order valence-corrected chi connectivity index (χ4v) is 2.18. The van der Waals surface area contributed by atoms with Gasteiger partial charge in [-0.15, -0.1) is 0 Å². The number of ketones is 1. The zero-order valence-electron chi connectivity index (χ0n) is 11.2. The van der Waals surface area contributed by atoms with Crippen molar-refractivity contribution in [1.82, 2.24) is 0 Å². The molecule has 0 atom stereocenters. The third kappa shape index (κ3) is 3.52. The van der Waals surface area contributed by atoms with E-state index in [0.717, 1.165) is 5.56 Å². The number of nitrogen functional groups attached to an aromatic ring is 1. The summed E-state index contributed by atoms with van der Waals surface area (Å²) in [6, 6.07) is 12.6. The molecule has 0 aromatic heterocycles. The van der Waals surface area contributed by atoms with Gasteiger partial charge < -0.3 is 10.5 Å². The normalized spacial score (nSPS) is 10.3. The number of nitrogens with two attached hydrogens (primary N) is 1. The van der Waals surface area contributed by atoms with Crippen LogP contribution in [0.15, 0.2) is 42.5 Å². The Kier molecular flexibility index (Phi) is 4.64. The highest BCUT2D eigenvalue weighted by Gasteiger charge is 2.09. The van der Waals surface area contributed by atoms with Gasteiger partial charge in [-0.25, -0.2) is 0 Å². The molecule has 0 bridgehead atoms. The molecule has 0 fully saturated rings. The van der Waals surface area contributed by atoms with Crippen LogP contribution in [0.5, 0.6) is 5.75 Å². The third-order valence-corrected chi connectivity index (χ3v) is 3.38. The van der Waals surface area contributed by atoms with Crippen LogP contribution in [0.25, 0.3) is 0 Å². The number of ether oxygens (including phenoxy) is 1. The van der Waals surface area contributed by atoms with Gasteiger partial charge in [0.2, 0.25) is 0 Å². The highest BCUT2D eigenvalue weighted by atomic mass is 35.5. The Labute approximate surface area is 123 Å². The van der Waals surface area contributed by atoms with Gasteiger partial charge in [0, 0.05) is 17.7 Å². The van der Waals surface area contributed by atoms with Gasteiger partial charge in [0.25, 0.3) is 0 Å². The Balaban J connectivity index is 2.05. The first kappa shape index (κ1) is 14.4. The summed E-state index contributed by atoms with van der Waals surface area (Å²) >= 11 is 5.94. The number of anilines is 1. The molecule has 0 amide bonds. The monoisotopic (exact) mass is 289 g/mol. The van der Waals surface area contributed by atoms with E-state index in [1.807, 2.05) is 24.3 Å². The lowest BCUT2D eigenvalue weighted by atomic mass is 10.0. The number of halogens is 1. The number of Topliss-reactive ketones (excluding diaryl/α,β-unsaturated/α-hetero) is 1. The van der Waals surface area contributed by atoms with Crippen LogP contribution < -0.4 is 10.5 Å². The van der Waals surface area contributed by atoms with E-state index in [0.29, 0.717) is 34.9 Å². The molecular formula is C16H16ClNO2. The van der Waals surface area contributed by atoms with Crippen LogP contribution in [0.4, 0.5) is 5.69 Å². The van der Waals surface area contributed by atoms with E-state index in [-0.39, 0.29) is 5.78 Å². The first-order valence-electron chi connectivity index (χ1n) is 6.31. The fourth-order valence-electron chi connectivity index (χ4n) is 1.98. The van der Waals surface area contributed by atoms with Gasteiger partial charge in [-0.3, -0.25) is 4.79 Å². The Bertz CT molecular complexity index is 626. The highest BCUT2D eigenvalue weighted by molar-refractivity contribution is 6.32. The van der Waals surface area contributed by atoms with Crippen LogP contribution in [0.1, 0.15) is 22.3 Å². The van der Waals surface area contributed by atoms with Crippen molar-refractivity contribution in [2.24, 2.45) is 0 Å². The molecule has 20 heavy (non-hydrogen) atoms. The van der Waals surface area contributed by atoms with Crippen molar-refractivity contribution in [1.29, 1.82) is 0 Å². The van der Waals surface area contributed by atoms with Gasteiger partial charge in [-0.1, -0.05) is 23.7 Å². The molecule has 2 N–H and O–H groups in total. The molecule has 0 aliphatic heterocycles. The van der Waals surface area contributed by atoms with Crippen molar-refractivity contribution in [3.63, 3.8) is 0 Å². The van der Waals surface area contributed by atoms with Crippen LogP contribution in [0.3, 0.4) is 0 Å². The Morgan fingerprint density at radius 3 is 2.75 bits per heavy atom. The highest BCUT2D eigenvalue weighted by Crippen LogP contribution is 2.25. The van der Waals surface area contributed by atoms with Gasteiger partial charge in [0.05, 0.1) is 12.1 Å². The van der Waals surface area contributed by atoms with Crippen molar-refractivity contribution in [3.05, 3.63) is 58.6 Å². The second-order valence-electron chi connectivity index (χ2n) is 4.52. The third-order valence-electron chi connectivity index (χ3n) is 3.06. The molecule has 0 heterocycles. The number of hydrogen-bond acceptors (Lipinski definition) is 3. The summed E-state index contributed by atoms with van der Waals surface area (Å²) < 4.78 is 5.11. The van der Waals surface area contributed by atoms with Gasteiger partial charge in [0.1, 0.15) is 5.75 Å². The SMILES string of the molecule is COc1cc(C(=O)CCc2cccc(N)c2)ccc1Cl. The predicted octanol–water partition coefficient (Wildman–Crippen LogP) is 3.75. The Hall–Kier alpha value is -2.00. The second-order valence-corrected chi connectivity index (χ2v) is 4.92. The largest absolute Gasteiger partial charge is 0.495 e. The summed E-state index contributed by atoms with van der Waals surface area (Å²) in [5, 5.41) is 0.500. The summed E-state index contributed by atoms with van der Waals surface area (Å²) in [4.78, 5) is 12.2. The molecule has 0 radical (unpaired) electrons. The first-order valence-corrected chi connectivity index (χ1v) is 6.69. The Morgan fingerprint density at radius 1 is 1.25 bits per heavy atom. The molecule has 0 unspecified atom stereocenters. The number of methoxy groups -OCH3 is 1. The van der Waals surface area contributed by atoms with Crippen LogP contribution in [0.2, 0.25) is 5.02 Å². The van der Waals surface area contributed by atoms with Crippen LogP contribution in [-0.4, -0.2) is 12.9 Å². The molecule has 2 aromatic carbocycles. The van der Waals surface area contributed by atoms with E-state index < -0.39 is 0 Å². The average molecular weight is 290 g/mol. The topological polar surface area (TPSA) is 52.3 Å². The van der Waals surface area contributed by atoms with E-state index in [4.69, 9.17) is 22.1 Å². The predicted molar refractivity (Wildman–Crippen MR) is 81.5 cm³/mol. The maximum atomic E-state index is 12.2. The molecule has 104 valence electrons. The van der Waals surface area contributed by atoms with Crippen LogP contribution >= 0.6 is 11.6 Å². The van der Waals surface area contributed by atoms with Gasteiger partial charge in [-0.2, -0.15) is 0 Å². The maximum Gasteiger partial charge on any atom is 0.163 e.